The third kappa shape index (κ3) is 3.08. The monoisotopic (exact) mass is 225 g/mol. The Kier molecular flexibility index (Phi) is 4.34. The van der Waals surface area contributed by atoms with Crippen LogP contribution in [0.3, 0.4) is 0 Å². The number of benzene rings is 1. The fourth-order valence-electron chi connectivity index (χ4n) is 1.16. The van der Waals surface area contributed by atoms with Crippen LogP contribution in [0, 0.1) is 0 Å². The average molecular weight is 226 g/mol. The quantitative estimate of drug-likeness (QED) is 0.772. The molecule has 15 heavy (non-hydrogen) atoms. The van der Waals surface area contributed by atoms with Crippen LogP contribution in [0.1, 0.15) is 15.9 Å². The van der Waals surface area contributed by atoms with Gasteiger partial charge in [-0.05, 0) is 19.2 Å². The van der Waals surface area contributed by atoms with Crippen molar-refractivity contribution in [2.24, 2.45) is 0 Å². The van der Waals surface area contributed by atoms with Gasteiger partial charge in [-0.15, -0.1) is 0 Å². The summed E-state index contributed by atoms with van der Waals surface area (Å²) in [4.78, 5) is 10.6. The minimum atomic E-state index is -0.0400. The van der Waals surface area contributed by atoms with Crippen LogP contribution in [-0.4, -0.2) is 25.0 Å². The molecule has 0 radical (unpaired) electrons. The predicted octanol–water partition coefficient (Wildman–Crippen LogP) is 2.09. The number of phenolic OH excluding ortho intramolecular Hbond substituents is 1. The van der Waals surface area contributed by atoms with E-state index >= 15 is 0 Å². The second-order valence-corrected chi connectivity index (χ2v) is 3.45. The van der Waals surface area contributed by atoms with Gasteiger partial charge in [0.2, 0.25) is 0 Å². The van der Waals surface area contributed by atoms with Crippen molar-refractivity contribution in [3.8, 4) is 5.75 Å². The first kappa shape index (κ1) is 11.8. The van der Waals surface area contributed by atoms with Gasteiger partial charge in [0.25, 0.3) is 0 Å². The van der Waals surface area contributed by atoms with Crippen molar-refractivity contribution in [2.45, 2.75) is 0 Å². The van der Waals surface area contributed by atoms with Crippen LogP contribution in [-0.2, 0) is 0 Å². The van der Waals surface area contributed by atoms with Gasteiger partial charge in [-0.25, -0.2) is 0 Å². The number of carbonyl (C=O) groups excluding carboxylic acids is 1. The summed E-state index contributed by atoms with van der Waals surface area (Å²) in [6.07, 6.45) is 4.13. The maximum Gasteiger partial charge on any atom is 0.153 e. The first-order chi connectivity index (χ1) is 7.19. The average Bonchev–Trinajstić information content (AvgIpc) is 2.23. The summed E-state index contributed by atoms with van der Waals surface area (Å²) in [5.74, 6) is -0.0400. The zero-order chi connectivity index (χ0) is 11.3. The van der Waals surface area contributed by atoms with Crippen LogP contribution in [0.4, 0.5) is 0 Å². The molecule has 1 aromatic carbocycles. The van der Waals surface area contributed by atoms with Crippen molar-refractivity contribution in [1.82, 2.24) is 5.32 Å². The normalized spacial score (nSPS) is 10.8. The number of carbonyl (C=O) groups is 1. The number of aldehydes is 1. The fourth-order valence-corrected chi connectivity index (χ4v) is 1.40. The van der Waals surface area contributed by atoms with Gasteiger partial charge in [0.05, 0.1) is 5.56 Å². The SMILES string of the molecule is CNCC=Cc1cc(Cl)cc(C=O)c1O. The molecule has 0 aliphatic heterocycles. The van der Waals surface area contributed by atoms with E-state index < -0.39 is 0 Å². The lowest BCUT2D eigenvalue weighted by molar-refractivity contribution is 0.112. The van der Waals surface area contributed by atoms with Crippen LogP contribution < -0.4 is 5.32 Å². The van der Waals surface area contributed by atoms with E-state index in [2.05, 4.69) is 5.32 Å². The molecule has 80 valence electrons. The van der Waals surface area contributed by atoms with E-state index in [0.717, 1.165) is 0 Å². The smallest absolute Gasteiger partial charge is 0.153 e. The highest BCUT2D eigenvalue weighted by atomic mass is 35.5. The first-order valence-corrected chi connectivity index (χ1v) is 4.85. The summed E-state index contributed by atoms with van der Waals surface area (Å²) < 4.78 is 0. The highest BCUT2D eigenvalue weighted by Crippen LogP contribution is 2.26. The lowest BCUT2D eigenvalue weighted by atomic mass is 10.1. The van der Waals surface area contributed by atoms with Gasteiger partial charge >= 0.3 is 0 Å². The Morgan fingerprint density at radius 2 is 2.13 bits per heavy atom. The van der Waals surface area contributed by atoms with Gasteiger partial charge in [0.15, 0.2) is 6.29 Å². The van der Waals surface area contributed by atoms with Crippen molar-refractivity contribution in [1.29, 1.82) is 0 Å². The van der Waals surface area contributed by atoms with E-state index in [1.165, 1.54) is 6.07 Å². The maximum absolute atomic E-state index is 10.6. The molecule has 2 N–H and O–H groups in total. The summed E-state index contributed by atoms with van der Waals surface area (Å²) in [5, 5.41) is 13.0. The zero-order valence-corrected chi connectivity index (χ0v) is 9.08. The van der Waals surface area contributed by atoms with E-state index in [9.17, 15) is 9.90 Å². The number of aromatic hydroxyl groups is 1. The molecule has 0 aliphatic rings. The Labute approximate surface area is 93.4 Å². The summed E-state index contributed by atoms with van der Waals surface area (Å²) in [5.41, 5.74) is 0.742. The molecule has 0 fully saturated rings. The van der Waals surface area contributed by atoms with E-state index in [4.69, 9.17) is 11.6 Å². The highest BCUT2D eigenvalue weighted by molar-refractivity contribution is 6.31. The predicted molar refractivity (Wildman–Crippen MR) is 61.5 cm³/mol. The van der Waals surface area contributed by atoms with Crippen molar-refractivity contribution in [3.05, 3.63) is 34.4 Å². The Hall–Kier alpha value is -1.32. The highest BCUT2D eigenvalue weighted by Gasteiger charge is 2.05. The van der Waals surface area contributed by atoms with E-state index in [1.54, 1.807) is 12.1 Å². The molecule has 0 saturated carbocycles. The summed E-state index contributed by atoms with van der Waals surface area (Å²) in [7, 11) is 1.82. The maximum atomic E-state index is 10.6. The third-order valence-electron chi connectivity index (χ3n) is 1.88. The van der Waals surface area contributed by atoms with Crippen molar-refractivity contribution in [2.75, 3.05) is 13.6 Å². The number of hydrogen-bond donors (Lipinski definition) is 2. The molecule has 0 unspecified atom stereocenters. The Balaban J connectivity index is 3.06. The second-order valence-electron chi connectivity index (χ2n) is 3.01. The molecular weight excluding hydrogens is 214 g/mol. The molecule has 0 spiro atoms. The number of nitrogens with one attached hydrogen (secondary N) is 1. The van der Waals surface area contributed by atoms with Crippen LogP contribution in [0.25, 0.3) is 6.08 Å². The lowest BCUT2D eigenvalue weighted by Gasteiger charge is -2.03. The molecule has 3 nitrogen and oxygen atoms in total. The zero-order valence-electron chi connectivity index (χ0n) is 8.33. The largest absolute Gasteiger partial charge is 0.507 e. The summed E-state index contributed by atoms with van der Waals surface area (Å²) in [6, 6.07) is 3.04. The van der Waals surface area contributed by atoms with Crippen molar-refractivity contribution in [3.63, 3.8) is 0 Å². The summed E-state index contributed by atoms with van der Waals surface area (Å²) in [6.45, 7) is 0.683. The topological polar surface area (TPSA) is 49.3 Å². The Bertz CT molecular complexity index is 388. The van der Waals surface area contributed by atoms with E-state index in [1.807, 2.05) is 13.1 Å². The van der Waals surface area contributed by atoms with E-state index in [0.29, 0.717) is 23.4 Å². The van der Waals surface area contributed by atoms with Gasteiger partial charge in [-0.3, -0.25) is 4.79 Å². The summed E-state index contributed by atoms with van der Waals surface area (Å²) >= 11 is 5.79. The second kappa shape index (κ2) is 5.53. The third-order valence-corrected chi connectivity index (χ3v) is 2.10. The molecule has 0 heterocycles. The van der Waals surface area contributed by atoms with E-state index in [-0.39, 0.29) is 11.3 Å². The van der Waals surface area contributed by atoms with Gasteiger partial charge in [0.1, 0.15) is 5.75 Å². The minimum Gasteiger partial charge on any atom is -0.507 e. The number of hydrogen-bond acceptors (Lipinski definition) is 3. The molecule has 0 saturated heterocycles. The Morgan fingerprint density at radius 3 is 2.73 bits per heavy atom. The van der Waals surface area contributed by atoms with Gasteiger partial charge in [-0.2, -0.15) is 0 Å². The van der Waals surface area contributed by atoms with Crippen LogP contribution in [0.2, 0.25) is 5.02 Å². The molecule has 0 aromatic heterocycles. The van der Waals surface area contributed by atoms with Crippen LogP contribution in [0.5, 0.6) is 5.75 Å². The molecule has 1 aromatic rings. The number of rotatable bonds is 4. The fraction of sp³-hybridized carbons (Fsp3) is 0.182. The molecule has 0 bridgehead atoms. The molecule has 4 heteroatoms. The van der Waals surface area contributed by atoms with Crippen molar-refractivity contribution < 1.29 is 9.90 Å². The van der Waals surface area contributed by atoms with Gasteiger partial charge in [0, 0.05) is 17.1 Å². The number of likely N-dealkylation sites (N-methyl/N-ethyl adjacent to an activating group) is 1. The first-order valence-electron chi connectivity index (χ1n) is 4.48. The minimum absolute atomic E-state index is 0.0400. The standard InChI is InChI=1S/C11H12ClNO2/c1-13-4-2-3-8-5-10(12)6-9(7-14)11(8)15/h2-3,5-7,13,15H,4H2,1H3. The Morgan fingerprint density at radius 1 is 1.47 bits per heavy atom. The molecule has 0 aliphatic carbocycles. The van der Waals surface area contributed by atoms with Gasteiger partial charge < -0.3 is 10.4 Å². The van der Waals surface area contributed by atoms with Crippen LogP contribution in [0.15, 0.2) is 18.2 Å². The molecule has 1 rings (SSSR count). The van der Waals surface area contributed by atoms with Crippen LogP contribution >= 0.6 is 11.6 Å². The number of halogens is 1. The lowest BCUT2D eigenvalue weighted by Crippen LogP contribution is -2.03. The number of phenols is 1. The van der Waals surface area contributed by atoms with Crippen molar-refractivity contribution >= 4 is 24.0 Å². The molecule has 0 atom stereocenters. The van der Waals surface area contributed by atoms with Gasteiger partial charge in [-0.1, -0.05) is 23.8 Å². The molecule has 0 amide bonds. The molecular formula is C11H12ClNO2.